The summed E-state index contributed by atoms with van der Waals surface area (Å²) in [7, 11) is 0. The fourth-order valence-corrected chi connectivity index (χ4v) is 4.37. The monoisotopic (exact) mass is 445 g/mol. The van der Waals surface area contributed by atoms with Crippen LogP contribution in [-0.4, -0.2) is 10.7 Å². The van der Waals surface area contributed by atoms with E-state index in [1.165, 1.54) is 5.56 Å². The maximum Gasteiger partial charge on any atom is 0.239 e. The standard InChI is InChI=1S/C30H28N4/c1-5-22-11-13-23(14-12-22)21(4)32-26-18-30-28(16-20(26)3)33-27-15-19(2)25(31)17-29(27)34(30)24-9-7-6-8-10-24/h6-18,31H,5H2,1-4H3/p+1/b32-21-. The van der Waals surface area contributed by atoms with E-state index in [1.807, 2.05) is 19.1 Å². The second-order valence-electron chi connectivity index (χ2n) is 8.86. The molecule has 2 N–H and O–H groups in total. The van der Waals surface area contributed by atoms with Gasteiger partial charge in [0.15, 0.2) is 0 Å². The first kappa shape index (κ1) is 21.8. The van der Waals surface area contributed by atoms with Gasteiger partial charge in [0.05, 0.1) is 5.69 Å². The van der Waals surface area contributed by atoms with Crippen LogP contribution in [0.1, 0.15) is 36.1 Å². The van der Waals surface area contributed by atoms with Gasteiger partial charge >= 0.3 is 0 Å². The third kappa shape index (κ3) is 3.92. The van der Waals surface area contributed by atoms with Crippen LogP contribution in [0.25, 0.3) is 27.8 Å². The second kappa shape index (κ2) is 8.71. The maximum absolute atomic E-state index is 6.32. The Bertz CT molecular complexity index is 1550. The van der Waals surface area contributed by atoms with Gasteiger partial charge in [-0.25, -0.2) is 4.98 Å². The Morgan fingerprint density at radius 1 is 0.853 bits per heavy atom. The molecule has 34 heavy (non-hydrogen) atoms. The first-order chi connectivity index (χ1) is 16.4. The van der Waals surface area contributed by atoms with E-state index in [9.17, 15) is 0 Å². The van der Waals surface area contributed by atoms with Crippen LogP contribution < -0.4 is 10.3 Å². The average molecular weight is 446 g/mol. The number of para-hydroxylation sites is 1. The molecule has 0 atom stereocenters. The first-order valence-electron chi connectivity index (χ1n) is 11.7. The summed E-state index contributed by atoms with van der Waals surface area (Å²) >= 11 is 0. The summed E-state index contributed by atoms with van der Waals surface area (Å²) in [5.74, 6) is 0. The second-order valence-corrected chi connectivity index (χ2v) is 8.86. The van der Waals surface area contributed by atoms with E-state index in [0.717, 1.165) is 68.0 Å². The van der Waals surface area contributed by atoms with Crippen molar-refractivity contribution < 1.29 is 4.57 Å². The van der Waals surface area contributed by atoms with Gasteiger partial charge in [-0.2, -0.15) is 0 Å². The van der Waals surface area contributed by atoms with E-state index in [4.69, 9.17) is 15.7 Å². The minimum absolute atomic E-state index is 0.759. The minimum Gasteiger partial charge on any atom is -0.398 e. The highest BCUT2D eigenvalue weighted by Crippen LogP contribution is 2.28. The first-order valence-corrected chi connectivity index (χ1v) is 11.7. The van der Waals surface area contributed by atoms with E-state index >= 15 is 0 Å². The van der Waals surface area contributed by atoms with E-state index in [-0.39, 0.29) is 0 Å². The Kier molecular flexibility index (Phi) is 5.58. The number of aryl methyl sites for hydroxylation is 3. The minimum atomic E-state index is 0.759. The lowest BCUT2D eigenvalue weighted by atomic mass is 10.1. The van der Waals surface area contributed by atoms with E-state index < -0.39 is 0 Å². The van der Waals surface area contributed by atoms with Crippen LogP contribution in [-0.2, 0) is 6.42 Å². The summed E-state index contributed by atoms with van der Waals surface area (Å²) in [6.45, 7) is 8.35. The van der Waals surface area contributed by atoms with Gasteiger partial charge in [0.25, 0.3) is 0 Å². The maximum atomic E-state index is 6.32. The summed E-state index contributed by atoms with van der Waals surface area (Å²) in [5, 5.41) is 0. The summed E-state index contributed by atoms with van der Waals surface area (Å²) in [5.41, 5.74) is 18.5. The molecule has 0 aliphatic carbocycles. The van der Waals surface area contributed by atoms with E-state index in [2.05, 4.69) is 92.1 Å². The highest BCUT2D eigenvalue weighted by Gasteiger charge is 2.21. The van der Waals surface area contributed by atoms with Crippen molar-refractivity contribution in [2.45, 2.75) is 34.1 Å². The Labute approximate surface area is 200 Å². The number of aliphatic imine (C=N–C) groups is 1. The van der Waals surface area contributed by atoms with Gasteiger partial charge in [-0.3, -0.25) is 4.99 Å². The number of aromatic nitrogens is 2. The number of nitrogen functional groups attached to an aromatic ring is 1. The molecule has 0 aliphatic heterocycles. The topological polar surface area (TPSA) is 55.1 Å². The molecule has 0 saturated heterocycles. The number of hydrogen-bond donors (Lipinski definition) is 1. The molecule has 5 aromatic rings. The smallest absolute Gasteiger partial charge is 0.239 e. The number of nitrogens with zero attached hydrogens (tertiary/aromatic N) is 3. The van der Waals surface area contributed by atoms with Crippen LogP contribution in [0.3, 0.4) is 0 Å². The van der Waals surface area contributed by atoms with Crippen molar-refractivity contribution in [3.63, 3.8) is 0 Å². The van der Waals surface area contributed by atoms with Gasteiger partial charge in [0, 0.05) is 35.7 Å². The van der Waals surface area contributed by atoms with Crippen molar-refractivity contribution in [1.82, 2.24) is 4.98 Å². The summed E-state index contributed by atoms with van der Waals surface area (Å²) < 4.78 is 2.23. The molecular weight excluding hydrogens is 416 g/mol. The lowest BCUT2D eigenvalue weighted by Gasteiger charge is -2.10. The molecule has 0 spiro atoms. The van der Waals surface area contributed by atoms with Crippen LogP contribution >= 0.6 is 0 Å². The lowest BCUT2D eigenvalue weighted by Crippen LogP contribution is -2.33. The zero-order chi connectivity index (χ0) is 23.8. The molecule has 168 valence electrons. The van der Waals surface area contributed by atoms with Gasteiger partial charge in [-0.1, -0.05) is 49.4 Å². The molecule has 0 saturated carbocycles. The summed E-state index contributed by atoms with van der Waals surface area (Å²) in [4.78, 5) is 10.0. The molecule has 4 aromatic carbocycles. The van der Waals surface area contributed by atoms with Crippen molar-refractivity contribution in [2.75, 3.05) is 5.73 Å². The molecule has 0 bridgehead atoms. The predicted octanol–water partition coefficient (Wildman–Crippen LogP) is 6.57. The van der Waals surface area contributed by atoms with Crippen LogP contribution in [0.5, 0.6) is 0 Å². The van der Waals surface area contributed by atoms with E-state index in [1.54, 1.807) is 0 Å². The Hall–Kier alpha value is -4.05. The lowest BCUT2D eigenvalue weighted by molar-refractivity contribution is -0.538. The number of nitrogens with two attached hydrogens (primary N) is 1. The average Bonchev–Trinajstić information content (AvgIpc) is 2.85. The molecule has 0 fully saturated rings. The fourth-order valence-electron chi connectivity index (χ4n) is 4.37. The molecule has 4 nitrogen and oxygen atoms in total. The molecule has 1 heterocycles. The predicted molar refractivity (Wildman–Crippen MR) is 142 cm³/mol. The van der Waals surface area contributed by atoms with Crippen molar-refractivity contribution in [1.29, 1.82) is 0 Å². The molecule has 0 amide bonds. The quantitative estimate of drug-likeness (QED) is 0.147. The Morgan fingerprint density at radius 3 is 2.18 bits per heavy atom. The van der Waals surface area contributed by atoms with Crippen molar-refractivity contribution >= 4 is 39.2 Å². The Balaban J connectivity index is 1.77. The molecule has 0 aliphatic rings. The number of anilines is 1. The van der Waals surface area contributed by atoms with Crippen LogP contribution in [0.15, 0.2) is 83.9 Å². The summed E-state index contributed by atoms with van der Waals surface area (Å²) in [6, 6.07) is 27.4. The van der Waals surface area contributed by atoms with Gasteiger partial charge in [0.1, 0.15) is 11.0 Å². The van der Waals surface area contributed by atoms with E-state index in [0.29, 0.717) is 0 Å². The molecule has 4 heteroatoms. The van der Waals surface area contributed by atoms with Crippen molar-refractivity contribution in [2.24, 2.45) is 4.99 Å². The zero-order valence-corrected chi connectivity index (χ0v) is 20.1. The van der Waals surface area contributed by atoms with Crippen LogP contribution in [0.4, 0.5) is 11.4 Å². The number of benzene rings is 4. The normalized spacial score (nSPS) is 11.9. The SMILES string of the molecule is CCc1ccc(/C(C)=N\c2cc3c(cc2C)nc2cc(C)c(N)cc2[n+]3-c2ccccc2)cc1. The Morgan fingerprint density at radius 2 is 1.50 bits per heavy atom. The van der Waals surface area contributed by atoms with Crippen LogP contribution in [0, 0.1) is 13.8 Å². The molecular formula is C30H29N4+. The number of hydrogen-bond acceptors (Lipinski definition) is 3. The molecule has 0 unspecified atom stereocenters. The number of fused-ring (bicyclic) bond motifs is 2. The fraction of sp³-hybridized carbons (Fsp3) is 0.167. The zero-order valence-electron chi connectivity index (χ0n) is 20.1. The highest BCUT2D eigenvalue weighted by atomic mass is 15.0. The van der Waals surface area contributed by atoms with Gasteiger partial charge in [-0.15, -0.1) is 4.57 Å². The molecule has 0 radical (unpaired) electrons. The highest BCUT2D eigenvalue weighted by molar-refractivity contribution is 6.01. The van der Waals surface area contributed by atoms with Gasteiger partial charge in [0.2, 0.25) is 16.7 Å². The third-order valence-corrected chi connectivity index (χ3v) is 6.46. The molecule has 5 rings (SSSR count). The van der Waals surface area contributed by atoms with Crippen molar-refractivity contribution in [3.05, 3.63) is 101 Å². The third-order valence-electron chi connectivity index (χ3n) is 6.46. The van der Waals surface area contributed by atoms with Gasteiger partial charge in [-0.05, 0) is 61.6 Å². The summed E-state index contributed by atoms with van der Waals surface area (Å²) in [6.07, 6.45) is 1.03. The van der Waals surface area contributed by atoms with Crippen molar-refractivity contribution in [3.8, 4) is 5.69 Å². The van der Waals surface area contributed by atoms with Gasteiger partial charge < -0.3 is 5.73 Å². The largest absolute Gasteiger partial charge is 0.398 e. The molecule has 1 aromatic heterocycles. The number of rotatable bonds is 4. The van der Waals surface area contributed by atoms with Crippen LogP contribution in [0.2, 0.25) is 0 Å².